The molecule has 1 saturated heterocycles. The van der Waals surface area contributed by atoms with E-state index in [4.69, 9.17) is 4.74 Å². The van der Waals surface area contributed by atoms with Gasteiger partial charge in [0.2, 0.25) is 0 Å². The Morgan fingerprint density at radius 2 is 1.77 bits per heavy atom. The van der Waals surface area contributed by atoms with Gasteiger partial charge in [-0.15, -0.1) is 0 Å². The zero-order valence-electron chi connectivity index (χ0n) is 17.6. The minimum Gasteiger partial charge on any atom is -0.444 e. The first kappa shape index (κ1) is 22.5. The molecule has 1 fully saturated rings. The molecule has 2 N–H and O–H groups in total. The summed E-state index contributed by atoms with van der Waals surface area (Å²) in [6.07, 6.45) is 6.01. The summed E-state index contributed by atoms with van der Waals surface area (Å²) in [4.78, 5) is 20.1. The number of amides is 1. The fraction of sp³-hybridized carbons (Fsp3) is 0.895. The maximum Gasteiger partial charge on any atom is 0.410 e. The van der Waals surface area contributed by atoms with Crippen LogP contribution in [0.1, 0.15) is 52.9 Å². The van der Waals surface area contributed by atoms with Crippen LogP contribution in [0, 0.1) is 0 Å². The van der Waals surface area contributed by atoms with Crippen LogP contribution in [0.15, 0.2) is 4.99 Å². The van der Waals surface area contributed by atoms with Crippen LogP contribution in [0.2, 0.25) is 0 Å². The maximum atomic E-state index is 11.9. The summed E-state index contributed by atoms with van der Waals surface area (Å²) >= 11 is 0. The molecule has 0 radical (unpaired) electrons. The molecule has 0 saturated carbocycles. The number of carbonyl (C=O) groups excluding carboxylic acids is 1. The van der Waals surface area contributed by atoms with E-state index < -0.39 is 5.60 Å². The Morgan fingerprint density at radius 3 is 2.35 bits per heavy atom. The number of carbonyl (C=O) groups is 1. The van der Waals surface area contributed by atoms with Gasteiger partial charge in [-0.05, 0) is 54.3 Å². The van der Waals surface area contributed by atoms with E-state index in [0.717, 1.165) is 18.9 Å². The van der Waals surface area contributed by atoms with Crippen molar-refractivity contribution in [1.82, 2.24) is 20.4 Å². The highest BCUT2D eigenvalue weighted by atomic mass is 16.6. The van der Waals surface area contributed by atoms with Gasteiger partial charge in [-0.25, -0.2) is 4.79 Å². The van der Waals surface area contributed by atoms with Crippen LogP contribution in [0.3, 0.4) is 0 Å². The number of ether oxygens (including phenoxy) is 1. The normalized spacial score (nSPS) is 15.8. The van der Waals surface area contributed by atoms with Crippen molar-refractivity contribution in [3.63, 3.8) is 0 Å². The summed E-state index contributed by atoms with van der Waals surface area (Å²) in [5, 5.41) is 6.71. The third-order valence-corrected chi connectivity index (χ3v) is 4.17. The maximum absolute atomic E-state index is 11.9. The average Bonchev–Trinajstić information content (AvgIpc) is 2.48. The van der Waals surface area contributed by atoms with Gasteiger partial charge in [-0.1, -0.05) is 19.3 Å². The van der Waals surface area contributed by atoms with E-state index in [1.807, 2.05) is 20.8 Å². The second-order valence-electron chi connectivity index (χ2n) is 8.30. The lowest BCUT2D eigenvalue weighted by molar-refractivity contribution is 0.00701. The van der Waals surface area contributed by atoms with E-state index in [9.17, 15) is 4.79 Å². The van der Waals surface area contributed by atoms with Crippen molar-refractivity contribution >= 4 is 12.1 Å². The number of aliphatic imine (C=N–C) groups is 1. The molecule has 1 amide bonds. The molecule has 0 aromatic heterocycles. The number of rotatable bonds is 9. The molecule has 7 heteroatoms. The molecule has 1 aliphatic heterocycles. The predicted octanol–water partition coefficient (Wildman–Crippen LogP) is 2.28. The Kier molecular flexibility index (Phi) is 9.76. The number of unbranched alkanes of at least 4 members (excludes halogenated alkanes) is 4. The smallest absolute Gasteiger partial charge is 0.410 e. The van der Waals surface area contributed by atoms with Gasteiger partial charge in [-0.3, -0.25) is 4.99 Å². The minimum absolute atomic E-state index is 0.236. The Morgan fingerprint density at radius 1 is 1.15 bits per heavy atom. The Balaban J connectivity index is 2.07. The van der Waals surface area contributed by atoms with Gasteiger partial charge in [0.1, 0.15) is 5.60 Å². The highest BCUT2D eigenvalue weighted by Crippen LogP contribution is 2.15. The summed E-state index contributed by atoms with van der Waals surface area (Å²) < 4.78 is 5.36. The van der Waals surface area contributed by atoms with Gasteiger partial charge in [-0.2, -0.15) is 0 Å². The number of hydrogen-bond acceptors (Lipinski definition) is 4. The standard InChI is InChI=1S/C19H39N5O2/c1-19(2,3)26-18(25)24-14-16(15-24)22-17(20-4)21-12-10-8-7-9-11-13-23(5)6/h16H,7-15H2,1-6H3,(H2,20,21,22). The van der Waals surface area contributed by atoms with E-state index in [1.54, 1.807) is 11.9 Å². The first-order chi connectivity index (χ1) is 12.2. The monoisotopic (exact) mass is 369 g/mol. The van der Waals surface area contributed by atoms with Gasteiger partial charge < -0.3 is 25.2 Å². The molecule has 0 bridgehead atoms. The zero-order chi connectivity index (χ0) is 19.6. The van der Waals surface area contributed by atoms with Crippen LogP contribution in [0.4, 0.5) is 4.79 Å². The molecule has 0 spiro atoms. The lowest BCUT2D eigenvalue weighted by Crippen LogP contribution is -2.63. The predicted molar refractivity (Wildman–Crippen MR) is 108 cm³/mol. The molecule has 1 aliphatic rings. The van der Waals surface area contributed by atoms with Crippen molar-refractivity contribution in [2.75, 3.05) is 47.3 Å². The minimum atomic E-state index is -0.445. The molecular formula is C19H39N5O2. The van der Waals surface area contributed by atoms with Crippen LogP contribution >= 0.6 is 0 Å². The second kappa shape index (κ2) is 11.3. The number of guanidine groups is 1. The fourth-order valence-electron chi connectivity index (χ4n) is 2.72. The van der Waals surface area contributed by atoms with Crippen molar-refractivity contribution < 1.29 is 9.53 Å². The molecule has 7 nitrogen and oxygen atoms in total. The van der Waals surface area contributed by atoms with Crippen molar-refractivity contribution in [2.45, 2.75) is 64.5 Å². The molecule has 26 heavy (non-hydrogen) atoms. The van der Waals surface area contributed by atoms with Crippen LogP contribution in [0.25, 0.3) is 0 Å². The van der Waals surface area contributed by atoms with Crippen molar-refractivity contribution in [3.8, 4) is 0 Å². The molecular weight excluding hydrogens is 330 g/mol. The zero-order valence-corrected chi connectivity index (χ0v) is 17.6. The van der Waals surface area contributed by atoms with E-state index in [2.05, 4.69) is 34.6 Å². The summed E-state index contributed by atoms with van der Waals surface area (Å²) in [5.74, 6) is 0.812. The highest BCUT2D eigenvalue weighted by molar-refractivity contribution is 5.80. The lowest BCUT2D eigenvalue weighted by atomic mass is 10.1. The van der Waals surface area contributed by atoms with Gasteiger partial charge in [0.05, 0.1) is 6.04 Å². The Labute approximate surface area is 159 Å². The third kappa shape index (κ3) is 9.85. The fourth-order valence-corrected chi connectivity index (χ4v) is 2.72. The largest absolute Gasteiger partial charge is 0.444 e. The van der Waals surface area contributed by atoms with Crippen molar-refractivity contribution in [2.24, 2.45) is 4.99 Å². The molecule has 1 rings (SSSR count). The third-order valence-electron chi connectivity index (χ3n) is 4.17. The van der Waals surface area contributed by atoms with Gasteiger partial charge in [0.15, 0.2) is 5.96 Å². The van der Waals surface area contributed by atoms with E-state index in [0.29, 0.717) is 13.1 Å². The Hall–Kier alpha value is -1.50. The van der Waals surface area contributed by atoms with Crippen molar-refractivity contribution in [1.29, 1.82) is 0 Å². The molecule has 0 aromatic rings. The van der Waals surface area contributed by atoms with Gasteiger partial charge in [0.25, 0.3) is 0 Å². The van der Waals surface area contributed by atoms with Crippen LogP contribution in [0.5, 0.6) is 0 Å². The van der Waals surface area contributed by atoms with E-state index in [-0.39, 0.29) is 12.1 Å². The van der Waals surface area contributed by atoms with Crippen LogP contribution in [-0.4, -0.2) is 80.8 Å². The van der Waals surface area contributed by atoms with Gasteiger partial charge >= 0.3 is 6.09 Å². The Bertz CT molecular complexity index is 440. The number of likely N-dealkylation sites (tertiary alicyclic amines) is 1. The average molecular weight is 370 g/mol. The van der Waals surface area contributed by atoms with Crippen molar-refractivity contribution in [3.05, 3.63) is 0 Å². The molecule has 0 unspecified atom stereocenters. The molecule has 1 heterocycles. The van der Waals surface area contributed by atoms with E-state index in [1.165, 1.54) is 32.2 Å². The first-order valence-electron chi connectivity index (χ1n) is 9.81. The van der Waals surface area contributed by atoms with Crippen LogP contribution < -0.4 is 10.6 Å². The SMILES string of the molecule is CN=C(NCCCCCCCN(C)C)NC1CN(C(=O)OC(C)(C)C)C1. The molecule has 0 aliphatic carbocycles. The summed E-state index contributed by atoms with van der Waals surface area (Å²) in [6, 6.07) is 0.236. The molecule has 0 aromatic carbocycles. The summed E-state index contributed by atoms with van der Waals surface area (Å²) in [6.45, 7) is 9.06. The quantitative estimate of drug-likeness (QED) is 0.371. The van der Waals surface area contributed by atoms with Gasteiger partial charge in [0, 0.05) is 26.7 Å². The molecule has 0 atom stereocenters. The summed E-state index contributed by atoms with van der Waals surface area (Å²) in [7, 11) is 6.02. The summed E-state index contributed by atoms with van der Waals surface area (Å²) in [5.41, 5.74) is -0.445. The number of hydrogen-bond donors (Lipinski definition) is 2. The highest BCUT2D eigenvalue weighted by Gasteiger charge is 2.34. The number of nitrogens with one attached hydrogen (secondary N) is 2. The molecule has 152 valence electrons. The van der Waals surface area contributed by atoms with Crippen LogP contribution in [-0.2, 0) is 4.74 Å². The van der Waals surface area contributed by atoms with E-state index >= 15 is 0 Å². The first-order valence-corrected chi connectivity index (χ1v) is 9.81. The topological polar surface area (TPSA) is 69.2 Å². The number of nitrogens with zero attached hydrogens (tertiary/aromatic N) is 3. The lowest BCUT2D eigenvalue weighted by Gasteiger charge is -2.40. The second-order valence-corrected chi connectivity index (χ2v) is 8.30.